The van der Waals surface area contributed by atoms with Crippen LogP contribution in [-0.2, 0) is 11.3 Å². The van der Waals surface area contributed by atoms with Crippen LogP contribution in [0.1, 0.15) is 37.7 Å². The predicted molar refractivity (Wildman–Crippen MR) is 117 cm³/mol. The van der Waals surface area contributed by atoms with Crippen molar-refractivity contribution in [2.75, 3.05) is 20.3 Å². The standard InChI is InChI=1S/C19H28N4O3.HI/c1-26-10-2-9-20-19(22-18-12-15-3-6-16(18)11-15)21-13-14-4-7-17(8-5-14)23(24)25;/h4-5,7-8,15-16,18H,2-3,6,9-13H2,1H3,(H2,20,21,22);1H. The van der Waals surface area contributed by atoms with E-state index in [2.05, 4.69) is 10.6 Å². The zero-order valence-electron chi connectivity index (χ0n) is 15.7. The Morgan fingerprint density at radius 3 is 2.67 bits per heavy atom. The van der Waals surface area contributed by atoms with E-state index in [1.807, 2.05) is 0 Å². The van der Waals surface area contributed by atoms with Gasteiger partial charge in [0, 0.05) is 38.4 Å². The molecule has 0 aromatic heterocycles. The second kappa shape index (κ2) is 10.8. The van der Waals surface area contributed by atoms with Gasteiger partial charge in [-0.3, -0.25) is 10.1 Å². The lowest BCUT2D eigenvalue weighted by molar-refractivity contribution is -0.384. The number of rotatable bonds is 8. The first-order valence-corrected chi connectivity index (χ1v) is 9.43. The van der Waals surface area contributed by atoms with Gasteiger partial charge in [-0.25, -0.2) is 4.99 Å². The number of ether oxygens (including phenoxy) is 1. The number of halogens is 1. The van der Waals surface area contributed by atoms with Gasteiger partial charge < -0.3 is 15.4 Å². The van der Waals surface area contributed by atoms with Crippen molar-refractivity contribution in [3.05, 3.63) is 39.9 Å². The Labute approximate surface area is 177 Å². The molecule has 0 amide bonds. The lowest BCUT2D eigenvalue weighted by Gasteiger charge is -2.25. The summed E-state index contributed by atoms with van der Waals surface area (Å²) in [5, 5.41) is 17.8. The first-order valence-electron chi connectivity index (χ1n) is 9.43. The Morgan fingerprint density at radius 2 is 2.07 bits per heavy atom. The molecule has 0 radical (unpaired) electrons. The van der Waals surface area contributed by atoms with E-state index in [1.165, 1.54) is 37.8 Å². The molecule has 3 atom stereocenters. The third-order valence-corrected chi connectivity index (χ3v) is 5.44. The van der Waals surface area contributed by atoms with Crippen molar-refractivity contribution in [1.29, 1.82) is 0 Å². The molecule has 1 aromatic rings. The van der Waals surface area contributed by atoms with Gasteiger partial charge in [-0.15, -0.1) is 24.0 Å². The SMILES string of the molecule is COCCCNC(=NCc1ccc([N+](=O)[O-])cc1)NC1CC2CCC1C2.I. The van der Waals surface area contributed by atoms with Gasteiger partial charge in [0.2, 0.25) is 0 Å². The smallest absolute Gasteiger partial charge is 0.269 e. The minimum atomic E-state index is -0.382. The maximum absolute atomic E-state index is 10.8. The van der Waals surface area contributed by atoms with Crippen LogP contribution >= 0.6 is 24.0 Å². The second-order valence-electron chi connectivity index (χ2n) is 7.29. The molecule has 150 valence electrons. The Bertz CT molecular complexity index is 638. The molecular formula is C19H29IN4O3. The van der Waals surface area contributed by atoms with Crippen molar-refractivity contribution in [3.63, 3.8) is 0 Å². The number of methoxy groups -OCH3 is 1. The van der Waals surface area contributed by atoms with Crippen LogP contribution in [0.3, 0.4) is 0 Å². The molecule has 2 saturated carbocycles. The van der Waals surface area contributed by atoms with Gasteiger partial charge in [-0.1, -0.05) is 18.6 Å². The second-order valence-corrected chi connectivity index (χ2v) is 7.29. The van der Waals surface area contributed by atoms with Crippen LogP contribution < -0.4 is 10.6 Å². The maximum Gasteiger partial charge on any atom is 0.269 e. The van der Waals surface area contributed by atoms with Gasteiger partial charge >= 0.3 is 0 Å². The molecule has 7 nitrogen and oxygen atoms in total. The lowest BCUT2D eigenvalue weighted by Crippen LogP contribution is -2.46. The fourth-order valence-electron chi connectivity index (χ4n) is 4.07. The number of nitro groups is 1. The Kier molecular flexibility index (Phi) is 8.75. The number of hydrogen-bond acceptors (Lipinski definition) is 4. The van der Waals surface area contributed by atoms with E-state index < -0.39 is 0 Å². The van der Waals surface area contributed by atoms with E-state index in [9.17, 15) is 10.1 Å². The number of fused-ring (bicyclic) bond motifs is 2. The molecule has 0 saturated heterocycles. The average Bonchev–Trinajstić information content (AvgIpc) is 3.26. The molecule has 0 aliphatic heterocycles. The van der Waals surface area contributed by atoms with Gasteiger partial charge in [0.1, 0.15) is 0 Å². The van der Waals surface area contributed by atoms with E-state index in [1.54, 1.807) is 19.2 Å². The Balaban J connectivity index is 0.00000261. The number of non-ortho nitro benzene ring substituents is 1. The van der Waals surface area contributed by atoms with E-state index in [0.29, 0.717) is 12.6 Å². The number of nitrogens with one attached hydrogen (secondary N) is 2. The summed E-state index contributed by atoms with van der Waals surface area (Å²) in [4.78, 5) is 15.1. The highest BCUT2D eigenvalue weighted by Crippen LogP contribution is 2.44. The molecule has 0 spiro atoms. The highest BCUT2D eigenvalue weighted by atomic mass is 127. The summed E-state index contributed by atoms with van der Waals surface area (Å²) in [6.45, 7) is 2.02. The zero-order chi connectivity index (χ0) is 18.4. The molecule has 2 N–H and O–H groups in total. The molecule has 27 heavy (non-hydrogen) atoms. The number of hydrogen-bond donors (Lipinski definition) is 2. The number of benzene rings is 1. The van der Waals surface area contributed by atoms with E-state index >= 15 is 0 Å². The molecule has 2 bridgehead atoms. The van der Waals surface area contributed by atoms with E-state index in [0.717, 1.165) is 42.9 Å². The van der Waals surface area contributed by atoms with Crippen molar-refractivity contribution in [2.24, 2.45) is 16.8 Å². The molecule has 1 aromatic carbocycles. The summed E-state index contributed by atoms with van der Waals surface area (Å²) >= 11 is 0. The van der Waals surface area contributed by atoms with Crippen molar-refractivity contribution in [2.45, 2.75) is 44.7 Å². The van der Waals surface area contributed by atoms with Gasteiger partial charge in [-0.2, -0.15) is 0 Å². The summed E-state index contributed by atoms with van der Waals surface area (Å²) in [6.07, 6.45) is 6.20. The number of aliphatic imine (C=N–C) groups is 1. The zero-order valence-corrected chi connectivity index (χ0v) is 18.1. The molecule has 2 fully saturated rings. The molecule has 2 aliphatic carbocycles. The molecule has 2 aliphatic rings. The number of nitro benzene ring substituents is 1. The van der Waals surface area contributed by atoms with Crippen LogP contribution in [0.4, 0.5) is 5.69 Å². The highest BCUT2D eigenvalue weighted by Gasteiger charge is 2.39. The molecule has 3 rings (SSSR count). The van der Waals surface area contributed by atoms with Gasteiger partial charge in [0.15, 0.2) is 5.96 Å². The number of guanidine groups is 1. The fraction of sp³-hybridized carbons (Fsp3) is 0.632. The van der Waals surface area contributed by atoms with Crippen LogP contribution in [0.2, 0.25) is 0 Å². The van der Waals surface area contributed by atoms with Gasteiger partial charge in [-0.05, 0) is 43.1 Å². The third-order valence-electron chi connectivity index (χ3n) is 5.44. The topological polar surface area (TPSA) is 88.8 Å². The van der Waals surface area contributed by atoms with Gasteiger partial charge in [0.25, 0.3) is 5.69 Å². The number of nitrogens with zero attached hydrogens (tertiary/aromatic N) is 2. The molecule has 3 unspecified atom stereocenters. The van der Waals surface area contributed by atoms with E-state index in [-0.39, 0.29) is 34.6 Å². The van der Waals surface area contributed by atoms with Crippen LogP contribution in [0.25, 0.3) is 0 Å². The minimum absolute atomic E-state index is 0. The van der Waals surface area contributed by atoms with Crippen molar-refractivity contribution in [3.8, 4) is 0 Å². The van der Waals surface area contributed by atoms with E-state index in [4.69, 9.17) is 9.73 Å². The summed E-state index contributed by atoms with van der Waals surface area (Å²) < 4.78 is 5.10. The monoisotopic (exact) mass is 488 g/mol. The molecular weight excluding hydrogens is 459 g/mol. The first-order chi connectivity index (χ1) is 12.7. The Hall–Kier alpha value is -1.42. The molecule has 8 heteroatoms. The van der Waals surface area contributed by atoms with Crippen LogP contribution in [0, 0.1) is 22.0 Å². The van der Waals surface area contributed by atoms with Crippen LogP contribution in [0.15, 0.2) is 29.3 Å². The van der Waals surface area contributed by atoms with Crippen molar-refractivity contribution < 1.29 is 9.66 Å². The summed E-state index contributed by atoms with van der Waals surface area (Å²) in [5.41, 5.74) is 1.07. The maximum atomic E-state index is 10.8. The first kappa shape index (κ1) is 21.9. The predicted octanol–water partition coefficient (Wildman–Crippen LogP) is 3.47. The summed E-state index contributed by atoms with van der Waals surface area (Å²) in [7, 11) is 1.71. The van der Waals surface area contributed by atoms with Crippen LogP contribution in [0.5, 0.6) is 0 Å². The summed E-state index contributed by atoms with van der Waals surface area (Å²) in [6, 6.07) is 7.10. The summed E-state index contributed by atoms with van der Waals surface area (Å²) in [5.74, 6) is 2.48. The Morgan fingerprint density at radius 1 is 1.30 bits per heavy atom. The largest absolute Gasteiger partial charge is 0.385 e. The normalized spacial score (nSPS) is 23.7. The quantitative estimate of drug-likeness (QED) is 0.146. The highest BCUT2D eigenvalue weighted by molar-refractivity contribution is 14.0. The molecule has 0 heterocycles. The van der Waals surface area contributed by atoms with Crippen molar-refractivity contribution >= 4 is 35.6 Å². The third kappa shape index (κ3) is 6.31. The van der Waals surface area contributed by atoms with Crippen LogP contribution in [-0.4, -0.2) is 37.2 Å². The van der Waals surface area contributed by atoms with Gasteiger partial charge in [0.05, 0.1) is 11.5 Å². The average molecular weight is 488 g/mol. The van der Waals surface area contributed by atoms with Crippen molar-refractivity contribution in [1.82, 2.24) is 10.6 Å². The fourth-order valence-corrected chi connectivity index (χ4v) is 4.07. The lowest BCUT2D eigenvalue weighted by atomic mass is 9.95. The minimum Gasteiger partial charge on any atom is -0.385 e.